The van der Waals surface area contributed by atoms with Crippen LogP contribution in [0.2, 0.25) is 0 Å². The Morgan fingerprint density at radius 3 is 2.79 bits per heavy atom. The van der Waals surface area contributed by atoms with Crippen molar-refractivity contribution in [1.29, 1.82) is 0 Å². The van der Waals surface area contributed by atoms with Gasteiger partial charge in [0.15, 0.2) is 11.9 Å². The highest BCUT2D eigenvalue weighted by atomic mass is 32.1. The number of benzene rings is 1. The second kappa shape index (κ2) is 8.56. The molecular formula is C21H24N2O4S. The molecule has 0 spiro atoms. The Morgan fingerprint density at radius 1 is 1.29 bits per heavy atom. The molecular weight excluding hydrogens is 376 g/mol. The second-order valence-electron chi connectivity index (χ2n) is 6.59. The maximum Gasteiger partial charge on any atom is 0.306 e. The lowest BCUT2D eigenvalue weighted by Crippen LogP contribution is -2.17. The molecule has 0 fully saturated rings. The second-order valence-corrected chi connectivity index (χ2v) is 7.79. The fraction of sp³-hybridized carbons (Fsp3) is 0.381. The summed E-state index contributed by atoms with van der Waals surface area (Å²) in [4.78, 5) is 33.7. The van der Waals surface area contributed by atoms with Crippen molar-refractivity contribution in [3.05, 3.63) is 56.4 Å². The third-order valence-electron chi connectivity index (χ3n) is 4.62. The Hall–Kier alpha value is -2.67. The van der Waals surface area contributed by atoms with E-state index in [-0.39, 0.29) is 17.9 Å². The van der Waals surface area contributed by atoms with Crippen LogP contribution in [-0.2, 0) is 16.0 Å². The van der Waals surface area contributed by atoms with Crippen LogP contribution >= 0.6 is 11.3 Å². The molecule has 3 rings (SSSR count). The lowest BCUT2D eigenvalue weighted by Gasteiger charge is -2.13. The first-order chi connectivity index (χ1) is 13.4. The number of thiophene rings is 1. The Morgan fingerprint density at radius 2 is 2.04 bits per heavy atom. The average Bonchev–Trinajstić information content (AvgIpc) is 2.95. The molecule has 0 amide bonds. The summed E-state index contributed by atoms with van der Waals surface area (Å²) in [7, 11) is 0. The Bertz CT molecular complexity index is 1050. The van der Waals surface area contributed by atoms with Crippen LogP contribution in [0.25, 0.3) is 10.2 Å². The molecule has 6 nitrogen and oxygen atoms in total. The topological polar surface area (TPSA) is 81.3 Å². The number of para-hydroxylation sites is 1. The predicted octanol–water partition coefficient (Wildman–Crippen LogP) is 4.24. The molecule has 7 heteroatoms. The van der Waals surface area contributed by atoms with Crippen molar-refractivity contribution in [2.75, 3.05) is 6.61 Å². The lowest BCUT2D eigenvalue weighted by molar-refractivity contribution is -0.148. The van der Waals surface area contributed by atoms with E-state index >= 15 is 0 Å². The van der Waals surface area contributed by atoms with Gasteiger partial charge in [-0.15, -0.1) is 11.3 Å². The minimum atomic E-state index is -0.630. The number of aryl methyl sites for hydroxylation is 3. The van der Waals surface area contributed by atoms with Crippen molar-refractivity contribution in [2.45, 2.75) is 46.6 Å². The number of ether oxygens (including phenoxy) is 2. The quantitative estimate of drug-likeness (QED) is 0.600. The molecule has 1 aromatic carbocycles. The highest BCUT2D eigenvalue weighted by molar-refractivity contribution is 7.18. The number of esters is 1. The van der Waals surface area contributed by atoms with Crippen LogP contribution in [0.1, 0.15) is 48.2 Å². The first-order valence-electron chi connectivity index (χ1n) is 9.30. The molecule has 3 aromatic rings. The number of aromatic amines is 1. The van der Waals surface area contributed by atoms with Crippen LogP contribution in [0.3, 0.4) is 0 Å². The van der Waals surface area contributed by atoms with E-state index in [1.54, 1.807) is 6.92 Å². The van der Waals surface area contributed by atoms with Crippen molar-refractivity contribution < 1.29 is 14.3 Å². The molecule has 2 aromatic heterocycles. The molecule has 28 heavy (non-hydrogen) atoms. The van der Waals surface area contributed by atoms with Crippen LogP contribution in [0.5, 0.6) is 5.75 Å². The van der Waals surface area contributed by atoms with Crippen molar-refractivity contribution in [3.63, 3.8) is 0 Å². The standard InChI is InChI=1S/C21H24N2O4S/c1-5-26-16-9-7-6-8-15(16)10-11-17(24)27-13(3)19-22-20(25)18-12(2)14(4)28-21(18)23-19/h6-9,13H,5,10-11H2,1-4H3,(H,22,23,25)/t13-/m0/s1. The van der Waals surface area contributed by atoms with Gasteiger partial charge in [0.05, 0.1) is 12.0 Å². The third-order valence-corrected chi connectivity index (χ3v) is 5.72. The largest absolute Gasteiger partial charge is 0.494 e. The molecule has 0 saturated carbocycles. The van der Waals surface area contributed by atoms with Gasteiger partial charge in [-0.3, -0.25) is 9.59 Å². The van der Waals surface area contributed by atoms with E-state index in [2.05, 4.69) is 9.97 Å². The Labute approximate surface area is 167 Å². The Balaban J connectivity index is 1.68. The predicted molar refractivity (Wildman–Crippen MR) is 110 cm³/mol. The van der Waals surface area contributed by atoms with Crippen molar-refractivity contribution in [3.8, 4) is 5.75 Å². The Kier molecular flexibility index (Phi) is 6.14. The van der Waals surface area contributed by atoms with Crippen LogP contribution in [0, 0.1) is 13.8 Å². The smallest absolute Gasteiger partial charge is 0.306 e. The molecule has 0 unspecified atom stereocenters. The lowest BCUT2D eigenvalue weighted by atomic mass is 10.1. The summed E-state index contributed by atoms with van der Waals surface area (Å²) in [6, 6.07) is 7.65. The minimum Gasteiger partial charge on any atom is -0.494 e. The van der Waals surface area contributed by atoms with E-state index in [0.717, 1.165) is 21.8 Å². The van der Waals surface area contributed by atoms with E-state index in [1.807, 2.05) is 45.0 Å². The normalized spacial score (nSPS) is 12.1. The number of H-pyrrole nitrogens is 1. The number of fused-ring (bicyclic) bond motifs is 1. The SMILES string of the molecule is CCOc1ccccc1CCC(=O)O[C@@H](C)c1nc2sc(C)c(C)c2c(=O)[nH]1. The van der Waals surface area contributed by atoms with E-state index < -0.39 is 6.10 Å². The number of carbonyl (C=O) groups excluding carboxylic acids is 1. The van der Waals surface area contributed by atoms with E-state index in [9.17, 15) is 9.59 Å². The molecule has 0 aliphatic heterocycles. The van der Waals surface area contributed by atoms with Crippen LogP contribution in [-0.4, -0.2) is 22.5 Å². The zero-order valence-corrected chi connectivity index (χ0v) is 17.3. The number of nitrogens with zero attached hydrogens (tertiary/aromatic N) is 1. The first kappa shape index (κ1) is 20.1. The number of hydrogen-bond acceptors (Lipinski definition) is 6. The molecule has 148 valence electrons. The molecule has 0 saturated heterocycles. The molecule has 0 radical (unpaired) electrons. The molecule has 0 aliphatic rings. The van der Waals surface area contributed by atoms with Gasteiger partial charge in [0, 0.05) is 11.3 Å². The van der Waals surface area contributed by atoms with Gasteiger partial charge in [-0.2, -0.15) is 0 Å². The first-order valence-corrected chi connectivity index (χ1v) is 10.1. The van der Waals surface area contributed by atoms with Gasteiger partial charge >= 0.3 is 5.97 Å². The minimum absolute atomic E-state index is 0.199. The van der Waals surface area contributed by atoms with Crippen molar-refractivity contribution in [2.24, 2.45) is 0 Å². The van der Waals surface area contributed by atoms with Gasteiger partial charge in [-0.05, 0) is 51.3 Å². The van der Waals surface area contributed by atoms with Crippen LogP contribution in [0.15, 0.2) is 29.1 Å². The summed E-state index contributed by atoms with van der Waals surface area (Å²) in [5.41, 5.74) is 1.71. The number of hydrogen-bond donors (Lipinski definition) is 1. The van der Waals surface area contributed by atoms with E-state index in [4.69, 9.17) is 9.47 Å². The van der Waals surface area contributed by atoms with Crippen molar-refractivity contribution in [1.82, 2.24) is 9.97 Å². The van der Waals surface area contributed by atoms with Gasteiger partial charge in [-0.1, -0.05) is 18.2 Å². The fourth-order valence-electron chi connectivity index (χ4n) is 3.02. The van der Waals surface area contributed by atoms with E-state index in [0.29, 0.717) is 29.1 Å². The summed E-state index contributed by atoms with van der Waals surface area (Å²) in [6.07, 6.45) is 0.112. The molecule has 0 aliphatic carbocycles. The number of carbonyl (C=O) groups is 1. The van der Waals surface area contributed by atoms with Gasteiger partial charge in [0.2, 0.25) is 0 Å². The monoisotopic (exact) mass is 400 g/mol. The summed E-state index contributed by atoms with van der Waals surface area (Å²) in [6.45, 7) is 8.08. The summed E-state index contributed by atoms with van der Waals surface area (Å²) < 4.78 is 11.1. The van der Waals surface area contributed by atoms with Gasteiger partial charge in [0.25, 0.3) is 5.56 Å². The fourth-order valence-corrected chi connectivity index (χ4v) is 4.06. The number of aromatic nitrogens is 2. The van der Waals surface area contributed by atoms with Gasteiger partial charge < -0.3 is 14.5 Å². The zero-order valence-electron chi connectivity index (χ0n) is 16.5. The van der Waals surface area contributed by atoms with Crippen molar-refractivity contribution >= 4 is 27.5 Å². The summed E-state index contributed by atoms with van der Waals surface area (Å²) >= 11 is 1.47. The van der Waals surface area contributed by atoms with E-state index in [1.165, 1.54) is 11.3 Å². The molecule has 1 N–H and O–H groups in total. The van der Waals surface area contributed by atoms with Crippen LogP contribution < -0.4 is 10.3 Å². The highest BCUT2D eigenvalue weighted by Gasteiger charge is 2.18. The molecule has 2 heterocycles. The number of rotatable bonds is 7. The molecule has 0 bridgehead atoms. The maximum absolute atomic E-state index is 12.4. The highest BCUT2D eigenvalue weighted by Crippen LogP contribution is 2.27. The van der Waals surface area contributed by atoms with Crippen LogP contribution in [0.4, 0.5) is 0 Å². The average molecular weight is 401 g/mol. The van der Waals surface area contributed by atoms with Gasteiger partial charge in [-0.25, -0.2) is 4.98 Å². The summed E-state index contributed by atoms with van der Waals surface area (Å²) in [5, 5.41) is 0.609. The summed E-state index contributed by atoms with van der Waals surface area (Å²) in [5.74, 6) is 0.799. The number of nitrogens with one attached hydrogen (secondary N) is 1. The van der Waals surface area contributed by atoms with Gasteiger partial charge in [0.1, 0.15) is 10.6 Å². The zero-order chi connectivity index (χ0) is 20.3. The third kappa shape index (κ3) is 4.25. The maximum atomic E-state index is 12.4. The molecule has 1 atom stereocenters.